The molecular weight excluding hydrogens is 349 g/mol. The van der Waals surface area contributed by atoms with Crippen molar-refractivity contribution < 1.29 is 4.79 Å². The predicted octanol–water partition coefficient (Wildman–Crippen LogP) is 2.89. The molecule has 0 aliphatic carbocycles. The summed E-state index contributed by atoms with van der Waals surface area (Å²) in [6, 6.07) is 2.09. The summed E-state index contributed by atoms with van der Waals surface area (Å²) in [4.78, 5) is 17.0. The lowest BCUT2D eigenvalue weighted by Gasteiger charge is -2.11. The Bertz CT molecular complexity index is 659. The molecule has 24 heavy (non-hydrogen) atoms. The number of carbonyl (C=O) groups is 1. The molecule has 0 aromatic carbocycles. The van der Waals surface area contributed by atoms with Crippen molar-refractivity contribution in [3.63, 3.8) is 0 Å². The fourth-order valence-corrected chi connectivity index (χ4v) is 2.39. The van der Waals surface area contributed by atoms with E-state index < -0.39 is 0 Å². The fourth-order valence-electron chi connectivity index (χ4n) is 2.39. The molecule has 0 radical (unpaired) electrons. The van der Waals surface area contributed by atoms with Crippen molar-refractivity contribution in [2.45, 2.75) is 39.7 Å². The van der Waals surface area contributed by atoms with Gasteiger partial charge in [0.2, 0.25) is 0 Å². The number of rotatable bonds is 7. The summed E-state index contributed by atoms with van der Waals surface area (Å²) < 4.78 is 1.90. The minimum Gasteiger partial charge on any atom is -0.352 e. The summed E-state index contributed by atoms with van der Waals surface area (Å²) in [5.74, 6) is -0.0599. The fraction of sp³-hybridized carbons (Fsp3) is 0.562. The Kier molecular flexibility index (Phi) is 9.89. The molecule has 6 nitrogen and oxygen atoms in total. The van der Waals surface area contributed by atoms with Crippen LogP contribution in [0.25, 0.3) is 11.0 Å². The Hall–Kier alpha value is -1.37. The monoisotopic (exact) mass is 375 g/mol. The minimum absolute atomic E-state index is 0. The maximum absolute atomic E-state index is 12.4. The van der Waals surface area contributed by atoms with E-state index in [4.69, 9.17) is 0 Å². The van der Waals surface area contributed by atoms with Crippen LogP contribution in [-0.4, -0.2) is 40.8 Å². The summed E-state index contributed by atoms with van der Waals surface area (Å²) in [6.07, 6.45) is 3.62. The average molecular weight is 376 g/mol. The molecule has 2 N–H and O–H groups in total. The highest BCUT2D eigenvalue weighted by Gasteiger charge is 2.17. The Balaban J connectivity index is 0.00000264. The van der Waals surface area contributed by atoms with E-state index in [1.807, 2.05) is 24.7 Å². The molecule has 0 spiro atoms. The number of halogens is 2. The second kappa shape index (κ2) is 10.5. The van der Waals surface area contributed by atoms with Gasteiger partial charge >= 0.3 is 0 Å². The smallest absolute Gasteiger partial charge is 0.252 e. The molecule has 136 valence electrons. The van der Waals surface area contributed by atoms with Gasteiger partial charge in [0.25, 0.3) is 5.91 Å². The quantitative estimate of drug-likeness (QED) is 0.729. The van der Waals surface area contributed by atoms with Crippen LogP contribution in [-0.2, 0) is 0 Å². The molecule has 2 rings (SSSR count). The van der Waals surface area contributed by atoms with E-state index in [0.29, 0.717) is 12.1 Å². The summed E-state index contributed by atoms with van der Waals surface area (Å²) in [5.41, 5.74) is 2.27. The first kappa shape index (κ1) is 22.6. The number of nitrogens with one attached hydrogen (secondary N) is 2. The normalized spacial score (nSPS) is 11.5. The van der Waals surface area contributed by atoms with Gasteiger partial charge in [-0.05, 0) is 46.3 Å². The van der Waals surface area contributed by atoms with Crippen LogP contribution in [0.4, 0.5) is 0 Å². The zero-order valence-electron chi connectivity index (χ0n) is 14.6. The van der Waals surface area contributed by atoms with Crippen LogP contribution in [0.5, 0.6) is 0 Å². The van der Waals surface area contributed by atoms with Gasteiger partial charge in [-0.2, -0.15) is 5.10 Å². The van der Waals surface area contributed by atoms with Crippen LogP contribution in [0.1, 0.15) is 48.8 Å². The van der Waals surface area contributed by atoms with Gasteiger partial charge < -0.3 is 10.6 Å². The minimum atomic E-state index is -0.0599. The third kappa shape index (κ3) is 5.06. The lowest BCUT2D eigenvalue weighted by molar-refractivity contribution is 0.0955. The lowest BCUT2D eigenvalue weighted by atomic mass is 10.1. The van der Waals surface area contributed by atoms with Gasteiger partial charge in [-0.15, -0.1) is 24.8 Å². The molecule has 0 saturated carbocycles. The molecule has 0 aliphatic heterocycles. The molecular formula is C16H27Cl2N5O. The van der Waals surface area contributed by atoms with E-state index in [1.54, 1.807) is 6.20 Å². The Morgan fingerprint density at radius 3 is 2.67 bits per heavy atom. The first-order valence-corrected chi connectivity index (χ1v) is 7.86. The molecule has 1 atom stereocenters. The van der Waals surface area contributed by atoms with Gasteiger partial charge in [-0.25, -0.2) is 9.67 Å². The third-order valence-corrected chi connectivity index (χ3v) is 3.84. The molecule has 2 aromatic heterocycles. The van der Waals surface area contributed by atoms with Gasteiger partial charge in [-0.3, -0.25) is 4.79 Å². The molecule has 1 amide bonds. The third-order valence-electron chi connectivity index (χ3n) is 3.84. The van der Waals surface area contributed by atoms with Crippen molar-refractivity contribution in [1.29, 1.82) is 0 Å². The van der Waals surface area contributed by atoms with Crippen LogP contribution < -0.4 is 10.6 Å². The highest BCUT2D eigenvalue weighted by atomic mass is 35.5. The van der Waals surface area contributed by atoms with Gasteiger partial charge in [0, 0.05) is 12.2 Å². The highest BCUT2D eigenvalue weighted by molar-refractivity contribution is 6.05. The molecule has 0 aliphatic rings. The number of aryl methyl sites for hydroxylation is 1. The number of nitrogens with zero attached hydrogens (tertiary/aromatic N) is 3. The topological polar surface area (TPSA) is 71.8 Å². The second-order valence-corrected chi connectivity index (χ2v) is 5.61. The van der Waals surface area contributed by atoms with E-state index in [9.17, 15) is 4.79 Å². The number of aromatic nitrogens is 3. The number of fused-ring (bicyclic) bond motifs is 1. The largest absolute Gasteiger partial charge is 0.352 e. The van der Waals surface area contributed by atoms with Crippen LogP contribution >= 0.6 is 24.8 Å². The van der Waals surface area contributed by atoms with E-state index in [1.165, 1.54) is 0 Å². The molecule has 0 fully saturated rings. The van der Waals surface area contributed by atoms with Gasteiger partial charge in [0.15, 0.2) is 5.65 Å². The summed E-state index contributed by atoms with van der Waals surface area (Å²) in [5, 5.41) is 11.3. The number of hydrogen-bond acceptors (Lipinski definition) is 4. The standard InChI is InChI=1S/C16H25N5O.2ClH/c1-5-12(3)21-15-14(10-19-21)13(9-11(2)20-15)16(22)18-8-6-7-17-4;;/h9-10,12,17H,5-8H2,1-4H3,(H,18,22);2*1H. The predicted molar refractivity (Wildman–Crippen MR) is 103 cm³/mol. The van der Waals surface area contributed by atoms with Crippen molar-refractivity contribution in [3.8, 4) is 0 Å². The maximum Gasteiger partial charge on any atom is 0.252 e. The van der Waals surface area contributed by atoms with Gasteiger partial charge in [0.05, 0.1) is 23.2 Å². The van der Waals surface area contributed by atoms with Gasteiger partial charge in [-0.1, -0.05) is 6.92 Å². The summed E-state index contributed by atoms with van der Waals surface area (Å²) >= 11 is 0. The second-order valence-electron chi connectivity index (χ2n) is 5.61. The Morgan fingerprint density at radius 1 is 1.33 bits per heavy atom. The zero-order chi connectivity index (χ0) is 16.1. The average Bonchev–Trinajstić information content (AvgIpc) is 2.93. The summed E-state index contributed by atoms with van der Waals surface area (Å²) in [7, 11) is 1.90. The van der Waals surface area contributed by atoms with E-state index in [-0.39, 0.29) is 36.8 Å². The number of amides is 1. The number of hydrogen-bond donors (Lipinski definition) is 2. The summed E-state index contributed by atoms with van der Waals surface area (Å²) in [6.45, 7) is 7.67. The number of pyridine rings is 1. The SMILES string of the molecule is CCC(C)n1ncc2c(C(=O)NCCCNC)cc(C)nc21.Cl.Cl. The molecule has 0 saturated heterocycles. The molecule has 2 aromatic rings. The van der Waals surface area contributed by atoms with Crippen molar-refractivity contribution >= 4 is 41.8 Å². The van der Waals surface area contributed by atoms with Crippen molar-refractivity contribution in [2.75, 3.05) is 20.1 Å². The van der Waals surface area contributed by atoms with Crippen molar-refractivity contribution in [1.82, 2.24) is 25.4 Å². The van der Waals surface area contributed by atoms with Crippen molar-refractivity contribution in [2.24, 2.45) is 0 Å². The van der Waals surface area contributed by atoms with E-state index in [2.05, 4.69) is 34.6 Å². The zero-order valence-corrected chi connectivity index (χ0v) is 16.3. The highest BCUT2D eigenvalue weighted by Crippen LogP contribution is 2.22. The molecule has 1 unspecified atom stereocenters. The van der Waals surface area contributed by atoms with E-state index in [0.717, 1.165) is 36.1 Å². The van der Waals surface area contributed by atoms with Crippen LogP contribution in [0, 0.1) is 6.92 Å². The Labute approximate surface area is 155 Å². The molecule has 2 heterocycles. The first-order valence-electron chi connectivity index (χ1n) is 7.86. The van der Waals surface area contributed by atoms with Gasteiger partial charge in [0.1, 0.15) is 0 Å². The lowest BCUT2D eigenvalue weighted by Crippen LogP contribution is -2.27. The van der Waals surface area contributed by atoms with Crippen LogP contribution in [0.2, 0.25) is 0 Å². The molecule has 8 heteroatoms. The Morgan fingerprint density at radius 2 is 2.04 bits per heavy atom. The number of carbonyl (C=O) groups excluding carboxylic acids is 1. The van der Waals surface area contributed by atoms with E-state index >= 15 is 0 Å². The first-order chi connectivity index (χ1) is 10.6. The van der Waals surface area contributed by atoms with Crippen LogP contribution in [0.3, 0.4) is 0 Å². The van der Waals surface area contributed by atoms with Crippen LogP contribution in [0.15, 0.2) is 12.3 Å². The maximum atomic E-state index is 12.4. The molecule has 0 bridgehead atoms. The van der Waals surface area contributed by atoms with Crippen molar-refractivity contribution in [3.05, 3.63) is 23.5 Å².